The van der Waals surface area contributed by atoms with Gasteiger partial charge in [0, 0.05) is 29.7 Å². The monoisotopic (exact) mass is 633 g/mol. The summed E-state index contributed by atoms with van der Waals surface area (Å²) in [4.78, 5) is 26.3. The lowest BCUT2D eigenvalue weighted by molar-refractivity contribution is -0.0722. The van der Waals surface area contributed by atoms with Gasteiger partial charge in [-0.25, -0.2) is 9.78 Å². The van der Waals surface area contributed by atoms with E-state index in [0.29, 0.717) is 48.5 Å². The number of fused-ring (bicyclic) bond motifs is 2. The number of H-pyrrole nitrogens is 1. The average molecular weight is 634 g/mol. The Labute approximate surface area is 270 Å². The van der Waals surface area contributed by atoms with Crippen LogP contribution in [-0.2, 0) is 17.1 Å². The summed E-state index contributed by atoms with van der Waals surface area (Å²) in [6, 6.07) is 17.7. The minimum absolute atomic E-state index is 0.0783. The Morgan fingerprint density at radius 1 is 1.09 bits per heavy atom. The molecule has 3 aliphatic heterocycles. The van der Waals surface area contributed by atoms with Crippen molar-refractivity contribution in [1.82, 2.24) is 29.6 Å². The number of aromatic amines is 1. The minimum atomic E-state index is -1.06. The Morgan fingerprint density at radius 2 is 1.94 bits per heavy atom. The third-order valence-corrected chi connectivity index (χ3v) is 9.80. The third kappa shape index (κ3) is 5.16. The largest absolute Gasteiger partial charge is 0.443 e. The highest BCUT2D eigenvalue weighted by Gasteiger charge is 2.43. The number of likely N-dealkylation sites (tertiary alicyclic amines) is 1. The number of nitrogens with one attached hydrogen (secondary N) is 1. The molecule has 0 bridgehead atoms. The van der Waals surface area contributed by atoms with Crippen molar-refractivity contribution < 1.29 is 18.7 Å². The molecule has 0 saturated carbocycles. The van der Waals surface area contributed by atoms with E-state index in [0.717, 1.165) is 59.7 Å². The van der Waals surface area contributed by atoms with Gasteiger partial charge in [0.1, 0.15) is 17.6 Å². The molecule has 240 valence electrons. The molecule has 0 unspecified atom stereocenters. The number of para-hydroxylation sites is 1. The van der Waals surface area contributed by atoms with Gasteiger partial charge in [-0.05, 0) is 68.2 Å². The van der Waals surface area contributed by atoms with Gasteiger partial charge in [-0.2, -0.15) is 5.26 Å². The molecule has 2 aromatic carbocycles. The lowest BCUT2D eigenvalue weighted by Gasteiger charge is -2.33. The zero-order valence-electron chi connectivity index (χ0n) is 26.5. The number of rotatable bonds is 6. The van der Waals surface area contributed by atoms with E-state index in [1.165, 1.54) is 0 Å². The van der Waals surface area contributed by atoms with Crippen molar-refractivity contribution in [3.63, 3.8) is 0 Å². The maximum atomic E-state index is 11.6. The van der Waals surface area contributed by atoms with E-state index in [4.69, 9.17) is 29.0 Å². The molecule has 1 N–H and O–H groups in total. The Bertz CT molecular complexity index is 2070. The van der Waals surface area contributed by atoms with Gasteiger partial charge in [-0.1, -0.05) is 31.1 Å². The number of hydrogen-bond acceptors (Lipinski definition) is 10. The molecule has 12 heteroatoms. The fraction of sp³-hybridized carbons (Fsp3) is 0.400. The van der Waals surface area contributed by atoms with Gasteiger partial charge >= 0.3 is 5.76 Å². The summed E-state index contributed by atoms with van der Waals surface area (Å²) < 4.78 is 25.9. The van der Waals surface area contributed by atoms with Crippen LogP contribution in [0.15, 0.2) is 64.0 Å². The number of nitriles is 1. The maximum Gasteiger partial charge on any atom is 0.439 e. The fourth-order valence-electron chi connectivity index (χ4n) is 7.19. The standard InChI is InChI=1S/C35H35N7O5/c1-34(2)20-44-19-29(34)42-26-15-23(32-39-33(43)47-40-32)8-9-25(26)38-30(42)18-41-13-11-22(12-14-41)24-5-4-6-27-31(24)46-35(3,45-27)28-10-7-21(16-36)17-37-28/h4-10,15,17,22,29H,11-14,18-20H2,1-3H3,(H,39,40,43)/t29-,35-/m1/s1. The Balaban J connectivity index is 1.03. The molecule has 47 heavy (non-hydrogen) atoms. The van der Waals surface area contributed by atoms with Crippen molar-refractivity contribution in [2.24, 2.45) is 5.41 Å². The molecule has 2 saturated heterocycles. The first-order valence-electron chi connectivity index (χ1n) is 16.0. The average Bonchev–Trinajstić information content (AvgIpc) is 3.84. The van der Waals surface area contributed by atoms with E-state index in [2.05, 4.69) is 50.6 Å². The molecule has 6 heterocycles. The molecule has 0 spiro atoms. The van der Waals surface area contributed by atoms with Crippen LogP contribution in [0.1, 0.15) is 68.2 Å². The topological polar surface area (TPSA) is 144 Å². The number of pyridine rings is 1. The lowest BCUT2D eigenvalue weighted by atomic mass is 9.87. The number of aromatic nitrogens is 5. The van der Waals surface area contributed by atoms with Crippen LogP contribution < -0.4 is 15.2 Å². The normalized spacial score (nSPS) is 22.6. The van der Waals surface area contributed by atoms with Crippen LogP contribution >= 0.6 is 0 Å². The number of nitrogens with zero attached hydrogens (tertiary/aromatic N) is 6. The maximum absolute atomic E-state index is 11.6. The van der Waals surface area contributed by atoms with E-state index >= 15 is 0 Å². The van der Waals surface area contributed by atoms with E-state index < -0.39 is 11.5 Å². The van der Waals surface area contributed by atoms with Gasteiger partial charge in [0.05, 0.1) is 42.4 Å². The molecule has 2 fully saturated rings. The van der Waals surface area contributed by atoms with Crippen molar-refractivity contribution in [3.8, 4) is 29.0 Å². The molecular weight excluding hydrogens is 598 g/mol. The highest BCUT2D eigenvalue weighted by Crippen LogP contribution is 2.49. The molecule has 3 aliphatic rings. The van der Waals surface area contributed by atoms with E-state index in [9.17, 15) is 4.79 Å². The Morgan fingerprint density at radius 3 is 2.64 bits per heavy atom. The molecule has 0 radical (unpaired) electrons. The summed E-state index contributed by atoms with van der Waals surface area (Å²) in [5.74, 6) is 1.54. The highest BCUT2D eigenvalue weighted by molar-refractivity contribution is 5.81. The smallest absolute Gasteiger partial charge is 0.439 e. The van der Waals surface area contributed by atoms with Crippen LogP contribution in [0.25, 0.3) is 22.4 Å². The van der Waals surface area contributed by atoms with Gasteiger partial charge in [0.25, 0.3) is 5.79 Å². The summed E-state index contributed by atoms with van der Waals surface area (Å²) >= 11 is 0. The minimum Gasteiger partial charge on any atom is -0.443 e. The fourth-order valence-corrected chi connectivity index (χ4v) is 7.19. The van der Waals surface area contributed by atoms with E-state index in [-0.39, 0.29) is 11.5 Å². The van der Waals surface area contributed by atoms with Crippen LogP contribution in [0.5, 0.6) is 11.5 Å². The zero-order valence-corrected chi connectivity index (χ0v) is 26.5. The molecule has 8 rings (SSSR count). The summed E-state index contributed by atoms with van der Waals surface area (Å²) in [6.45, 7) is 10.1. The first-order valence-corrected chi connectivity index (χ1v) is 16.0. The SMILES string of the molecule is CC1(C)COC[C@H]1n1c(CN2CCC(c3cccc4c3O[C@](C)(c3ccc(C#N)cn3)O4)CC2)nc2ccc(-c3noc(=O)[nH]3)cc21. The van der Waals surface area contributed by atoms with Crippen LogP contribution in [0.4, 0.5) is 0 Å². The van der Waals surface area contributed by atoms with Gasteiger partial charge in [0.2, 0.25) is 0 Å². The zero-order chi connectivity index (χ0) is 32.3. The van der Waals surface area contributed by atoms with Crippen LogP contribution in [-0.4, -0.2) is 55.9 Å². The second-order valence-electron chi connectivity index (χ2n) is 13.5. The third-order valence-electron chi connectivity index (χ3n) is 9.80. The number of imidazole rings is 1. The Hall–Kier alpha value is -4.99. The van der Waals surface area contributed by atoms with Gasteiger partial charge in [0.15, 0.2) is 17.3 Å². The summed E-state index contributed by atoms with van der Waals surface area (Å²) in [5.41, 5.74) is 4.82. The number of hydrogen-bond donors (Lipinski definition) is 1. The summed E-state index contributed by atoms with van der Waals surface area (Å²) in [5, 5.41) is 13.1. The first kappa shape index (κ1) is 29.4. The van der Waals surface area contributed by atoms with Gasteiger partial charge in [-0.3, -0.25) is 19.4 Å². The van der Waals surface area contributed by atoms with Crippen LogP contribution in [0.2, 0.25) is 0 Å². The predicted molar refractivity (Wildman–Crippen MR) is 171 cm³/mol. The molecule has 5 aromatic rings. The van der Waals surface area contributed by atoms with Gasteiger partial charge in [-0.15, -0.1) is 0 Å². The number of ether oxygens (including phenoxy) is 3. The molecule has 12 nitrogen and oxygen atoms in total. The summed E-state index contributed by atoms with van der Waals surface area (Å²) in [6.07, 6.45) is 3.47. The Kier molecular flexibility index (Phi) is 6.93. The number of benzene rings is 2. The molecule has 2 atom stereocenters. The second kappa shape index (κ2) is 11.1. The summed E-state index contributed by atoms with van der Waals surface area (Å²) in [7, 11) is 0. The van der Waals surface area contributed by atoms with E-state index in [1.807, 2.05) is 37.3 Å². The lowest BCUT2D eigenvalue weighted by Crippen LogP contribution is -2.35. The van der Waals surface area contributed by atoms with Crippen molar-refractivity contribution in [2.45, 2.75) is 57.9 Å². The van der Waals surface area contributed by atoms with E-state index in [1.54, 1.807) is 18.3 Å². The van der Waals surface area contributed by atoms with Gasteiger partial charge < -0.3 is 18.8 Å². The molecule has 0 aliphatic carbocycles. The van der Waals surface area contributed by atoms with Crippen LogP contribution in [0.3, 0.4) is 0 Å². The number of piperidine rings is 1. The van der Waals surface area contributed by atoms with Crippen molar-refractivity contribution in [1.29, 1.82) is 5.26 Å². The predicted octanol–water partition coefficient (Wildman–Crippen LogP) is 5.27. The van der Waals surface area contributed by atoms with Crippen molar-refractivity contribution >= 4 is 11.0 Å². The molecule has 0 amide bonds. The molecule has 3 aromatic heterocycles. The van der Waals surface area contributed by atoms with Crippen molar-refractivity contribution in [2.75, 3.05) is 26.3 Å². The van der Waals surface area contributed by atoms with Crippen molar-refractivity contribution in [3.05, 3.63) is 87.9 Å². The molecular formula is C35H35N7O5. The highest BCUT2D eigenvalue weighted by atomic mass is 16.7. The van der Waals surface area contributed by atoms with Crippen LogP contribution in [0, 0.1) is 16.7 Å². The second-order valence-corrected chi connectivity index (χ2v) is 13.5. The quantitative estimate of drug-likeness (QED) is 0.263. The first-order chi connectivity index (χ1) is 22.7.